The molecule has 1 aromatic rings. The molecule has 0 aromatic heterocycles. The van der Waals surface area contributed by atoms with E-state index < -0.39 is 17.9 Å². The maximum Gasteiger partial charge on any atom is 0.326 e. The first-order chi connectivity index (χ1) is 11.9. The maximum absolute atomic E-state index is 11.9. The number of nitrogens with zero attached hydrogens (tertiary/aromatic N) is 1. The average Bonchev–Trinajstić information content (AvgIpc) is 2.98. The lowest BCUT2D eigenvalue weighted by molar-refractivity contribution is -0.142. The predicted molar refractivity (Wildman–Crippen MR) is 92.5 cm³/mol. The number of rotatable bonds is 8. The summed E-state index contributed by atoms with van der Waals surface area (Å²) in [4.78, 5) is 36.5. The Bertz CT molecular complexity index is 627. The number of carbonyl (C=O) groups excluding carboxylic acids is 2. The van der Waals surface area contributed by atoms with Crippen LogP contribution in [0.4, 0.5) is 5.69 Å². The van der Waals surface area contributed by atoms with Crippen LogP contribution in [0.1, 0.15) is 33.1 Å². The highest BCUT2D eigenvalue weighted by Crippen LogP contribution is 2.23. The molecule has 0 aliphatic carbocycles. The van der Waals surface area contributed by atoms with E-state index in [1.54, 1.807) is 29.2 Å². The maximum atomic E-state index is 11.9. The molecule has 1 aliphatic heterocycles. The molecule has 1 atom stereocenters. The number of carboxylic acid groups (broad SMARTS) is 1. The van der Waals surface area contributed by atoms with Crippen molar-refractivity contribution in [2.24, 2.45) is 5.92 Å². The summed E-state index contributed by atoms with van der Waals surface area (Å²) in [5, 5.41) is 11.6. The number of benzene rings is 1. The van der Waals surface area contributed by atoms with Crippen LogP contribution in [0.5, 0.6) is 5.75 Å². The van der Waals surface area contributed by atoms with Gasteiger partial charge in [0.1, 0.15) is 11.8 Å². The van der Waals surface area contributed by atoms with E-state index in [9.17, 15) is 14.4 Å². The van der Waals surface area contributed by atoms with Gasteiger partial charge in [-0.2, -0.15) is 0 Å². The van der Waals surface area contributed by atoms with Crippen LogP contribution in [0.3, 0.4) is 0 Å². The molecule has 1 heterocycles. The first-order valence-electron chi connectivity index (χ1n) is 8.42. The molecule has 1 aliphatic rings. The van der Waals surface area contributed by atoms with Crippen LogP contribution in [0.15, 0.2) is 24.3 Å². The molecule has 1 fully saturated rings. The van der Waals surface area contributed by atoms with Crippen LogP contribution < -0.4 is 15.0 Å². The number of nitrogens with one attached hydrogen (secondary N) is 1. The summed E-state index contributed by atoms with van der Waals surface area (Å²) in [5.74, 6) is -0.782. The molecule has 0 radical (unpaired) electrons. The van der Waals surface area contributed by atoms with Crippen LogP contribution in [0, 0.1) is 5.92 Å². The Labute approximate surface area is 147 Å². The van der Waals surface area contributed by atoms with E-state index in [2.05, 4.69) is 5.32 Å². The molecule has 0 bridgehead atoms. The highest BCUT2D eigenvalue weighted by molar-refractivity contribution is 5.95. The van der Waals surface area contributed by atoms with Crippen molar-refractivity contribution in [1.82, 2.24) is 5.32 Å². The van der Waals surface area contributed by atoms with Gasteiger partial charge in [-0.15, -0.1) is 0 Å². The first-order valence-corrected chi connectivity index (χ1v) is 8.42. The molecule has 1 aromatic carbocycles. The van der Waals surface area contributed by atoms with Crippen LogP contribution >= 0.6 is 0 Å². The zero-order valence-electron chi connectivity index (χ0n) is 14.5. The molecule has 2 rings (SSSR count). The molecule has 7 heteroatoms. The lowest BCUT2D eigenvalue weighted by Gasteiger charge is -2.17. The van der Waals surface area contributed by atoms with E-state index in [-0.39, 0.29) is 18.4 Å². The summed E-state index contributed by atoms with van der Waals surface area (Å²) in [7, 11) is 0. The summed E-state index contributed by atoms with van der Waals surface area (Å²) in [6, 6.07) is 6.01. The molecule has 136 valence electrons. The Morgan fingerprint density at radius 2 is 1.96 bits per heavy atom. The highest BCUT2D eigenvalue weighted by Gasteiger charge is 2.22. The minimum atomic E-state index is -1.05. The normalized spacial score (nSPS) is 15.3. The number of carboxylic acids is 1. The fraction of sp³-hybridized carbons (Fsp3) is 0.500. The fourth-order valence-electron chi connectivity index (χ4n) is 2.72. The predicted octanol–water partition coefficient (Wildman–Crippen LogP) is 1.81. The van der Waals surface area contributed by atoms with Gasteiger partial charge in [0.15, 0.2) is 6.61 Å². The van der Waals surface area contributed by atoms with E-state index >= 15 is 0 Å². The molecule has 2 amide bonds. The minimum absolute atomic E-state index is 0.109. The largest absolute Gasteiger partial charge is 0.484 e. The van der Waals surface area contributed by atoms with Gasteiger partial charge in [0, 0.05) is 18.7 Å². The third-order valence-corrected chi connectivity index (χ3v) is 3.93. The molecule has 25 heavy (non-hydrogen) atoms. The molecule has 1 saturated heterocycles. The number of amides is 2. The van der Waals surface area contributed by atoms with Gasteiger partial charge in [0.2, 0.25) is 5.91 Å². The SMILES string of the molecule is CC(C)C[C@H](NC(=O)COc1ccc(N2CCCC2=O)cc1)C(=O)O. The van der Waals surface area contributed by atoms with Crippen molar-refractivity contribution in [2.75, 3.05) is 18.1 Å². The van der Waals surface area contributed by atoms with Gasteiger partial charge in [-0.05, 0) is 43.0 Å². The standard InChI is InChI=1S/C18H24N2O5/c1-12(2)10-15(18(23)24)19-16(21)11-25-14-7-5-13(6-8-14)20-9-3-4-17(20)22/h5-8,12,15H,3-4,9-11H2,1-2H3,(H,19,21)(H,23,24)/t15-/m0/s1. The van der Waals surface area contributed by atoms with Crippen molar-refractivity contribution >= 4 is 23.5 Å². The van der Waals surface area contributed by atoms with Crippen LogP contribution in [-0.4, -0.2) is 42.1 Å². The van der Waals surface area contributed by atoms with Crippen molar-refractivity contribution in [3.05, 3.63) is 24.3 Å². The van der Waals surface area contributed by atoms with Crippen molar-refractivity contribution in [3.8, 4) is 5.75 Å². The van der Waals surface area contributed by atoms with E-state index in [0.29, 0.717) is 25.1 Å². The molecule has 0 unspecified atom stereocenters. The van der Waals surface area contributed by atoms with E-state index in [0.717, 1.165) is 12.1 Å². The monoisotopic (exact) mass is 348 g/mol. The quantitative estimate of drug-likeness (QED) is 0.747. The number of carbonyl (C=O) groups is 3. The zero-order chi connectivity index (χ0) is 18.4. The second-order valence-electron chi connectivity index (χ2n) is 6.52. The van der Waals surface area contributed by atoms with Gasteiger partial charge in [0.05, 0.1) is 0 Å². The van der Waals surface area contributed by atoms with E-state index in [1.165, 1.54) is 0 Å². The Morgan fingerprint density at radius 1 is 1.28 bits per heavy atom. The van der Waals surface area contributed by atoms with Gasteiger partial charge in [-0.1, -0.05) is 13.8 Å². The molecular formula is C18H24N2O5. The topological polar surface area (TPSA) is 95.9 Å². The molecule has 2 N–H and O–H groups in total. The van der Waals surface area contributed by atoms with Gasteiger partial charge in [0.25, 0.3) is 5.91 Å². The lowest BCUT2D eigenvalue weighted by Crippen LogP contribution is -2.43. The average molecular weight is 348 g/mol. The van der Waals surface area contributed by atoms with Crippen molar-refractivity contribution in [3.63, 3.8) is 0 Å². The number of hydrogen-bond acceptors (Lipinski definition) is 4. The Balaban J connectivity index is 1.85. The number of hydrogen-bond donors (Lipinski definition) is 2. The minimum Gasteiger partial charge on any atom is -0.484 e. The third-order valence-electron chi connectivity index (χ3n) is 3.93. The van der Waals surface area contributed by atoms with Crippen molar-refractivity contribution in [1.29, 1.82) is 0 Å². The zero-order valence-corrected chi connectivity index (χ0v) is 14.5. The fourth-order valence-corrected chi connectivity index (χ4v) is 2.72. The van der Waals surface area contributed by atoms with E-state index in [1.807, 2.05) is 13.8 Å². The molecule has 7 nitrogen and oxygen atoms in total. The first kappa shape index (κ1) is 18.8. The second kappa shape index (κ2) is 8.50. The van der Waals surface area contributed by atoms with Crippen LogP contribution in [0.25, 0.3) is 0 Å². The highest BCUT2D eigenvalue weighted by atomic mass is 16.5. The molecular weight excluding hydrogens is 324 g/mol. The van der Waals surface area contributed by atoms with E-state index in [4.69, 9.17) is 9.84 Å². The summed E-state index contributed by atoms with van der Waals surface area (Å²) in [6.07, 6.45) is 1.79. The molecule has 0 spiro atoms. The summed E-state index contributed by atoms with van der Waals surface area (Å²) in [6.45, 7) is 4.24. The number of aliphatic carboxylic acids is 1. The summed E-state index contributed by atoms with van der Waals surface area (Å²) < 4.78 is 5.39. The van der Waals surface area contributed by atoms with Crippen LogP contribution in [-0.2, 0) is 14.4 Å². The second-order valence-corrected chi connectivity index (χ2v) is 6.52. The van der Waals surface area contributed by atoms with Gasteiger partial charge >= 0.3 is 5.97 Å². The van der Waals surface area contributed by atoms with Gasteiger partial charge in [-0.25, -0.2) is 4.79 Å². The van der Waals surface area contributed by atoms with Crippen molar-refractivity contribution in [2.45, 2.75) is 39.2 Å². The van der Waals surface area contributed by atoms with Gasteiger partial charge in [-0.3, -0.25) is 9.59 Å². The number of ether oxygens (including phenoxy) is 1. The Kier molecular flexibility index (Phi) is 6.38. The summed E-state index contributed by atoms with van der Waals surface area (Å²) in [5.41, 5.74) is 0.808. The number of anilines is 1. The lowest BCUT2D eigenvalue weighted by atomic mass is 10.0. The van der Waals surface area contributed by atoms with Gasteiger partial charge < -0.3 is 20.1 Å². The van der Waals surface area contributed by atoms with Crippen LogP contribution in [0.2, 0.25) is 0 Å². The van der Waals surface area contributed by atoms with Crippen molar-refractivity contribution < 1.29 is 24.2 Å². The Morgan fingerprint density at radius 3 is 2.48 bits per heavy atom. The Hall–Kier alpha value is -2.57. The molecule has 0 saturated carbocycles. The smallest absolute Gasteiger partial charge is 0.326 e. The summed E-state index contributed by atoms with van der Waals surface area (Å²) >= 11 is 0. The third kappa shape index (κ3) is 5.48.